The van der Waals surface area contributed by atoms with Gasteiger partial charge in [0, 0.05) is 0 Å². The van der Waals surface area contributed by atoms with Gasteiger partial charge in [-0.05, 0) is 26.7 Å². The highest BCUT2D eigenvalue weighted by atomic mass is 32.2. The minimum Gasteiger partial charge on any atom is -0.228 e. The lowest BCUT2D eigenvalue weighted by Gasteiger charge is -2.40. The summed E-state index contributed by atoms with van der Waals surface area (Å²) in [6.45, 7) is 3.06. The first-order valence-electron chi connectivity index (χ1n) is 5.75. The number of hydrogen-bond acceptors (Lipinski definition) is 4. The Kier molecular flexibility index (Phi) is 2.86. The molecular weight excluding hydrogens is 248 g/mol. The van der Waals surface area contributed by atoms with Gasteiger partial charge in [-0.3, -0.25) is 0 Å². The highest BCUT2D eigenvalue weighted by Gasteiger charge is 2.54. The van der Waals surface area contributed by atoms with Gasteiger partial charge < -0.3 is 0 Å². The molecule has 0 aromatic rings. The molecule has 2 rings (SSSR count). The van der Waals surface area contributed by atoms with Crippen LogP contribution in [-0.4, -0.2) is 37.8 Å². The molecule has 1 saturated carbocycles. The standard InChI is InChI=1S/C10H18O4S2/c1-7-8(2)16(13,14)10-6-4-3-5-9(10)15(7,11)12/h7-10H,3-6H2,1-2H3. The Bertz CT molecular complexity index is 431. The highest BCUT2D eigenvalue weighted by molar-refractivity contribution is 8.00. The van der Waals surface area contributed by atoms with E-state index in [1.807, 2.05) is 0 Å². The molecule has 0 aromatic heterocycles. The zero-order valence-electron chi connectivity index (χ0n) is 9.59. The molecule has 94 valence electrons. The smallest absolute Gasteiger partial charge is 0.158 e. The Morgan fingerprint density at radius 3 is 1.38 bits per heavy atom. The van der Waals surface area contributed by atoms with Crippen LogP contribution in [0.3, 0.4) is 0 Å². The molecule has 16 heavy (non-hydrogen) atoms. The number of hydrogen-bond donors (Lipinski definition) is 0. The van der Waals surface area contributed by atoms with E-state index in [1.54, 1.807) is 0 Å². The van der Waals surface area contributed by atoms with E-state index in [-0.39, 0.29) is 0 Å². The third kappa shape index (κ3) is 1.53. The molecule has 1 aliphatic carbocycles. The normalized spacial score (nSPS) is 45.9. The van der Waals surface area contributed by atoms with Crippen LogP contribution in [0.15, 0.2) is 0 Å². The van der Waals surface area contributed by atoms with Crippen LogP contribution < -0.4 is 0 Å². The van der Waals surface area contributed by atoms with Gasteiger partial charge in [0.25, 0.3) is 0 Å². The fraction of sp³-hybridized carbons (Fsp3) is 1.00. The Labute approximate surface area is 97.3 Å². The van der Waals surface area contributed by atoms with Gasteiger partial charge >= 0.3 is 0 Å². The molecule has 1 aliphatic heterocycles. The summed E-state index contributed by atoms with van der Waals surface area (Å²) in [6.07, 6.45) is 2.70. The topological polar surface area (TPSA) is 68.3 Å². The molecule has 0 aromatic carbocycles. The van der Waals surface area contributed by atoms with Crippen molar-refractivity contribution in [1.29, 1.82) is 0 Å². The summed E-state index contributed by atoms with van der Waals surface area (Å²) in [5.74, 6) is 0. The summed E-state index contributed by atoms with van der Waals surface area (Å²) >= 11 is 0. The molecule has 0 amide bonds. The highest BCUT2D eigenvalue weighted by Crippen LogP contribution is 2.39. The SMILES string of the molecule is CC1C(C)S(=O)(=O)C2CCCCC2S1(=O)=O. The Hall–Kier alpha value is -0.100. The van der Waals surface area contributed by atoms with E-state index >= 15 is 0 Å². The Balaban J connectivity index is 2.54. The molecule has 2 aliphatic rings. The Morgan fingerprint density at radius 2 is 1.06 bits per heavy atom. The van der Waals surface area contributed by atoms with Crippen LogP contribution in [0.5, 0.6) is 0 Å². The fourth-order valence-corrected chi connectivity index (χ4v) is 9.04. The lowest BCUT2D eigenvalue weighted by Crippen LogP contribution is -2.57. The first-order chi connectivity index (χ1) is 7.29. The summed E-state index contributed by atoms with van der Waals surface area (Å²) in [7, 11) is -6.52. The van der Waals surface area contributed by atoms with Crippen molar-refractivity contribution in [3.63, 3.8) is 0 Å². The lowest BCUT2D eigenvalue weighted by atomic mass is 9.99. The van der Waals surface area contributed by atoms with Crippen molar-refractivity contribution in [2.24, 2.45) is 0 Å². The van der Waals surface area contributed by atoms with E-state index in [9.17, 15) is 16.8 Å². The fourth-order valence-electron chi connectivity index (χ4n) is 2.90. The van der Waals surface area contributed by atoms with E-state index in [4.69, 9.17) is 0 Å². The van der Waals surface area contributed by atoms with Crippen LogP contribution >= 0.6 is 0 Å². The first-order valence-corrected chi connectivity index (χ1v) is 8.97. The van der Waals surface area contributed by atoms with Crippen LogP contribution in [0.1, 0.15) is 39.5 Å². The number of sulfone groups is 2. The van der Waals surface area contributed by atoms with Crippen LogP contribution in [0.2, 0.25) is 0 Å². The summed E-state index contributed by atoms with van der Waals surface area (Å²) in [4.78, 5) is 0. The van der Waals surface area contributed by atoms with Crippen LogP contribution in [0.4, 0.5) is 0 Å². The zero-order chi connectivity index (χ0) is 12.1. The maximum Gasteiger partial charge on any atom is 0.158 e. The van der Waals surface area contributed by atoms with Crippen molar-refractivity contribution in [3.8, 4) is 0 Å². The predicted molar refractivity (Wildman–Crippen MR) is 62.8 cm³/mol. The second-order valence-corrected chi connectivity index (χ2v) is 10.0. The van der Waals surface area contributed by atoms with Crippen LogP contribution in [0, 0.1) is 0 Å². The second-order valence-electron chi connectivity index (χ2n) is 4.95. The second kappa shape index (κ2) is 3.70. The average molecular weight is 266 g/mol. The van der Waals surface area contributed by atoms with E-state index in [0.717, 1.165) is 12.8 Å². The molecule has 0 bridgehead atoms. The van der Waals surface area contributed by atoms with E-state index in [1.165, 1.54) is 13.8 Å². The molecule has 4 nitrogen and oxygen atoms in total. The van der Waals surface area contributed by atoms with E-state index in [2.05, 4.69) is 0 Å². The summed E-state index contributed by atoms with van der Waals surface area (Å²) in [6, 6.07) is 0. The lowest BCUT2D eigenvalue weighted by molar-refractivity contribution is 0.449. The molecule has 4 unspecified atom stereocenters. The van der Waals surface area contributed by atoms with Gasteiger partial charge in [0.1, 0.15) is 0 Å². The van der Waals surface area contributed by atoms with Crippen molar-refractivity contribution in [1.82, 2.24) is 0 Å². The molecule has 1 saturated heterocycles. The van der Waals surface area contributed by atoms with Gasteiger partial charge in [-0.15, -0.1) is 0 Å². The molecular formula is C10H18O4S2. The van der Waals surface area contributed by atoms with Gasteiger partial charge in [-0.2, -0.15) is 0 Å². The zero-order valence-corrected chi connectivity index (χ0v) is 11.2. The van der Waals surface area contributed by atoms with Crippen molar-refractivity contribution >= 4 is 19.7 Å². The van der Waals surface area contributed by atoms with E-state index < -0.39 is 40.7 Å². The van der Waals surface area contributed by atoms with Crippen molar-refractivity contribution in [2.45, 2.75) is 60.5 Å². The third-order valence-corrected chi connectivity index (χ3v) is 10.2. The molecule has 2 fully saturated rings. The maximum atomic E-state index is 12.2. The first kappa shape index (κ1) is 12.4. The maximum absolute atomic E-state index is 12.2. The quantitative estimate of drug-likeness (QED) is 0.654. The molecule has 0 spiro atoms. The van der Waals surface area contributed by atoms with E-state index in [0.29, 0.717) is 12.8 Å². The number of rotatable bonds is 0. The molecule has 4 atom stereocenters. The third-order valence-electron chi connectivity index (χ3n) is 4.18. The summed E-state index contributed by atoms with van der Waals surface area (Å²) in [5, 5.41) is -2.79. The summed E-state index contributed by atoms with van der Waals surface area (Å²) in [5.41, 5.74) is 0. The molecule has 6 heteroatoms. The predicted octanol–water partition coefficient (Wildman–Crippen LogP) is 0.918. The van der Waals surface area contributed by atoms with Crippen molar-refractivity contribution in [2.75, 3.05) is 0 Å². The van der Waals surface area contributed by atoms with Crippen LogP contribution in [-0.2, 0) is 19.7 Å². The van der Waals surface area contributed by atoms with Gasteiger partial charge in [0.05, 0.1) is 21.0 Å². The minimum absolute atomic E-state index is 0.517. The monoisotopic (exact) mass is 266 g/mol. The van der Waals surface area contributed by atoms with Gasteiger partial charge in [0.2, 0.25) is 0 Å². The molecule has 0 N–H and O–H groups in total. The van der Waals surface area contributed by atoms with Gasteiger partial charge in [-0.1, -0.05) is 12.8 Å². The summed E-state index contributed by atoms with van der Waals surface area (Å²) < 4.78 is 48.7. The largest absolute Gasteiger partial charge is 0.228 e. The van der Waals surface area contributed by atoms with Crippen molar-refractivity contribution < 1.29 is 16.8 Å². The minimum atomic E-state index is -3.26. The Morgan fingerprint density at radius 1 is 0.750 bits per heavy atom. The van der Waals surface area contributed by atoms with Gasteiger partial charge in [-0.25, -0.2) is 16.8 Å². The van der Waals surface area contributed by atoms with Crippen LogP contribution in [0.25, 0.3) is 0 Å². The van der Waals surface area contributed by atoms with Crippen molar-refractivity contribution in [3.05, 3.63) is 0 Å². The molecule has 1 heterocycles. The average Bonchev–Trinajstić information content (AvgIpc) is 2.25. The molecule has 0 radical (unpaired) electrons. The van der Waals surface area contributed by atoms with Gasteiger partial charge in [0.15, 0.2) is 19.7 Å². The number of fused-ring (bicyclic) bond motifs is 1.